The first-order valence-corrected chi connectivity index (χ1v) is 9.75. The normalized spacial score (nSPS) is 10.5. The quantitative estimate of drug-likeness (QED) is 0.478. The molecule has 2 heterocycles. The first-order valence-electron chi connectivity index (χ1n) is 9.75. The molecule has 0 aliphatic carbocycles. The number of aromatic nitrogens is 4. The van der Waals surface area contributed by atoms with Crippen LogP contribution in [0.2, 0.25) is 0 Å². The number of nitrogens with zero attached hydrogens (tertiary/aromatic N) is 4. The number of carbonyl (C=O) groups is 1. The Kier molecular flexibility index (Phi) is 5.61. The van der Waals surface area contributed by atoms with Gasteiger partial charge in [-0.15, -0.1) is 0 Å². The summed E-state index contributed by atoms with van der Waals surface area (Å²) in [4.78, 5) is 20.9. The number of amides is 2. The molecular formula is C23H22N6O2. The third kappa shape index (κ3) is 5.05. The van der Waals surface area contributed by atoms with Gasteiger partial charge in [0, 0.05) is 29.8 Å². The fourth-order valence-corrected chi connectivity index (χ4v) is 2.94. The van der Waals surface area contributed by atoms with Crippen LogP contribution < -0.4 is 15.4 Å². The SMILES string of the molecule is Cc1nc(Oc2ccc(NC(=O)Nc3ccc(C)c(C)c3)cc2)cc(-n2cccn2)n1. The highest BCUT2D eigenvalue weighted by atomic mass is 16.5. The van der Waals surface area contributed by atoms with E-state index < -0.39 is 0 Å². The van der Waals surface area contributed by atoms with Crippen LogP contribution in [-0.2, 0) is 0 Å². The van der Waals surface area contributed by atoms with E-state index in [0.29, 0.717) is 29.0 Å². The summed E-state index contributed by atoms with van der Waals surface area (Å²) in [5.41, 5.74) is 3.68. The van der Waals surface area contributed by atoms with Crippen LogP contribution in [0, 0.1) is 20.8 Å². The Labute approximate surface area is 179 Å². The highest BCUT2D eigenvalue weighted by Crippen LogP contribution is 2.23. The zero-order valence-electron chi connectivity index (χ0n) is 17.5. The molecule has 0 radical (unpaired) electrons. The lowest BCUT2D eigenvalue weighted by Gasteiger charge is -2.11. The molecule has 0 unspecified atom stereocenters. The molecule has 0 aliphatic heterocycles. The van der Waals surface area contributed by atoms with Crippen LogP contribution in [0.3, 0.4) is 0 Å². The van der Waals surface area contributed by atoms with E-state index in [2.05, 4.69) is 25.7 Å². The maximum Gasteiger partial charge on any atom is 0.323 e. The van der Waals surface area contributed by atoms with Gasteiger partial charge in [0.1, 0.15) is 11.6 Å². The topological polar surface area (TPSA) is 94.0 Å². The summed E-state index contributed by atoms with van der Waals surface area (Å²) in [6, 6.07) is 16.1. The Morgan fingerprint density at radius 3 is 2.35 bits per heavy atom. The van der Waals surface area contributed by atoms with E-state index >= 15 is 0 Å². The Morgan fingerprint density at radius 2 is 1.65 bits per heavy atom. The molecular weight excluding hydrogens is 392 g/mol. The lowest BCUT2D eigenvalue weighted by atomic mass is 10.1. The number of anilines is 2. The van der Waals surface area contributed by atoms with Gasteiger partial charge in [-0.2, -0.15) is 10.1 Å². The number of nitrogens with one attached hydrogen (secondary N) is 2. The van der Waals surface area contributed by atoms with E-state index in [9.17, 15) is 4.79 Å². The summed E-state index contributed by atoms with van der Waals surface area (Å²) in [5, 5.41) is 9.82. The summed E-state index contributed by atoms with van der Waals surface area (Å²) in [5.74, 6) is 2.19. The van der Waals surface area contributed by atoms with Crippen molar-refractivity contribution in [2.24, 2.45) is 0 Å². The van der Waals surface area contributed by atoms with Crippen LogP contribution >= 0.6 is 0 Å². The lowest BCUT2D eigenvalue weighted by molar-refractivity contribution is 0.262. The number of ether oxygens (including phenoxy) is 1. The van der Waals surface area contributed by atoms with Gasteiger partial charge in [-0.25, -0.2) is 14.5 Å². The van der Waals surface area contributed by atoms with Crippen LogP contribution in [-0.4, -0.2) is 25.8 Å². The Balaban J connectivity index is 1.40. The van der Waals surface area contributed by atoms with E-state index in [4.69, 9.17) is 4.74 Å². The van der Waals surface area contributed by atoms with Crippen LogP contribution in [0.25, 0.3) is 5.82 Å². The summed E-state index contributed by atoms with van der Waals surface area (Å²) >= 11 is 0. The summed E-state index contributed by atoms with van der Waals surface area (Å²) in [6.45, 7) is 5.83. The second-order valence-electron chi connectivity index (χ2n) is 7.07. The predicted molar refractivity (Wildman–Crippen MR) is 119 cm³/mol. The maximum absolute atomic E-state index is 12.3. The number of hydrogen-bond acceptors (Lipinski definition) is 5. The molecule has 2 amide bonds. The molecule has 8 heteroatoms. The number of rotatable bonds is 5. The van der Waals surface area contributed by atoms with E-state index in [0.717, 1.165) is 11.3 Å². The van der Waals surface area contributed by atoms with Crippen LogP contribution in [0.15, 0.2) is 67.0 Å². The monoisotopic (exact) mass is 414 g/mol. The molecule has 31 heavy (non-hydrogen) atoms. The minimum Gasteiger partial charge on any atom is -0.439 e. The number of urea groups is 1. The first-order chi connectivity index (χ1) is 15.0. The van der Waals surface area contributed by atoms with Crippen LogP contribution in [0.4, 0.5) is 16.2 Å². The fourth-order valence-electron chi connectivity index (χ4n) is 2.94. The van der Waals surface area contributed by atoms with Crippen molar-refractivity contribution in [3.63, 3.8) is 0 Å². The van der Waals surface area contributed by atoms with Crippen molar-refractivity contribution in [2.45, 2.75) is 20.8 Å². The summed E-state index contributed by atoms with van der Waals surface area (Å²) in [7, 11) is 0. The standard InChI is InChI=1S/C23H22N6O2/c1-15-5-6-19(13-16(15)2)28-23(30)27-18-7-9-20(10-8-18)31-22-14-21(25-17(3)26-22)29-12-4-11-24-29/h4-14H,1-3H3,(H2,27,28,30). The molecule has 156 valence electrons. The molecule has 0 saturated heterocycles. The Hall–Kier alpha value is -4.20. The Morgan fingerprint density at radius 1 is 0.903 bits per heavy atom. The van der Waals surface area contributed by atoms with Crippen molar-refractivity contribution in [1.29, 1.82) is 0 Å². The molecule has 0 bridgehead atoms. The van der Waals surface area contributed by atoms with E-state index in [1.54, 1.807) is 54.3 Å². The third-order valence-corrected chi connectivity index (χ3v) is 4.64. The second-order valence-corrected chi connectivity index (χ2v) is 7.07. The largest absolute Gasteiger partial charge is 0.439 e. The maximum atomic E-state index is 12.3. The van der Waals surface area contributed by atoms with Crippen molar-refractivity contribution in [3.05, 3.63) is 83.9 Å². The van der Waals surface area contributed by atoms with Gasteiger partial charge >= 0.3 is 6.03 Å². The van der Waals surface area contributed by atoms with Gasteiger partial charge in [-0.1, -0.05) is 6.07 Å². The molecule has 2 N–H and O–H groups in total. The molecule has 8 nitrogen and oxygen atoms in total. The van der Waals surface area contributed by atoms with Gasteiger partial charge in [0.15, 0.2) is 5.82 Å². The molecule has 0 fully saturated rings. The van der Waals surface area contributed by atoms with Crippen molar-refractivity contribution < 1.29 is 9.53 Å². The Bertz CT molecular complexity index is 1200. The third-order valence-electron chi connectivity index (χ3n) is 4.64. The molecule has 4 aromatic rings. The molecule has 4 rings (SSSR count). The van der Waals surface area contributed by atoms with Gasteiger partial charge in [-0.3, -0.25) is 0 Å². The van der Waals surface area contributed by atoms with Crippen LogP contribution in [0.5, 0.6) is 11.6 Å². The molecule has 0 atom stereocenters. The number of benzene rings is 2. The second kappa shape index (κ2) is 8.66. The highest BCUT2D eigenvalue weighted by Gasteiger charge is 2.08. The van der Waals surface area contributed by atoms with E-state index in [-0.39, 0.29) is 6.03 Å². The molecule has 0 aliphatic rings. The molecule has 0 saturated carbocycles. The van der Waals surface area contributed by atoms with Gasteiger partial charge in [0.05, 0.1) is 0 Å². The number of aryl methyl sites for hydroxylation is 3. The minimum atomic E-state index is -0.313. The number of carbonyl (C=O) groups excluding carboxylic acids is 1. The molecule has 2 aromatic heterocycles. The highest BCUT2D eigenvalue weighted by molar-refractivity contribution is 5.99. The van der Waals surface area contributed by atoms with Crippen molar-refractivity contribution in [2.75, 3.05) is 10.6 Å². The van der Waals surface area contributed by atoms with Gasteiger partial charge < -0.3 is 15.4 Å². The average molecular weight is 414 g/mol. The zero-order valence-corrected chi connectivity index (χ0v) is 17.5. The van der Waals surface area contributed by atoms with Crippen LogP contribution in [0.1, 0.15) is 17.0 Å². The number of hydrogen-bond donors (Lipinski definition) is 2. The molecule has 0 spiro atoms. The van der Waals surface area contributed by atoms with Gasteiger partial charge in [-0.05, 0) is 74.4 Å². The minimum absolute atomic E-state index is 0.313. The van der Waals surface area contributed by atoms with E-state index in [1.807, 2.05) is 38.1 Å². The van der Waals surface area contributed by atoms with Crippen molar-refractivity contribution >= 4 is 17.4 Å². The average Bonchev–Trinajstić information content (AvgIpc) is 3.27. The van der Waals surface area contributed by atoms with Gasteiger partial charge in [0.2, 0.25) is 5.88 Å². The lowest BCUT2D eigenvalue weighted by Crippen LogP contribution is -2.19. The predicted octanol–water partition coefficient (Wildman–Crippen LogP) is 5.02. The van der Waals surface area contributed by atoms with Crippen molar-refractivity contribution in [1.82, 2.24) is 19.7 Å². The first kappa shape index (κ1) is 20.1. The molecule has 2 aromatic carbocycles. The van der Waals surface area contributed by atoms with E-state index in [1.165, 1.54) is 5.56 Å². The summed E-state index contributed by atoms with van der Waals surface area (Å²) < 4.78 is 7.50. The smallest absolute Gasteiger partial charge is 0.323 e. The fraction of sp³-hybridized carbons (Fsp3) is 0.130. The van der Waals surface area contributed by atoms with Crippen molar-refractivity contribution in [3.8, 4) is 17.4 Å². The van der Waals surface area contributed by atoms with Gasteiger partial charge in [0.25, 0.3) is 0 Å². The zero-order chi connectivity index (χ0) is 21.8. The summed E-state index contributed by atoms with van der Waals surface area (Å²) in [6.07, 6.45) is 3.48.